The Morgan fingerprint density at radius 2 is 2.00 bits per heavy atom. The van der Waals surface area contributed by atoms with Crippen LogP contribution >= 0.6 is 11.8 Å². The van der Waals surface area contributed by atoms with Gasteiger partial charge in [0.2, 0.25) is 0 Å². The van der Waals surface area contributed by atoms with Gasteiger partial charge in [0.1, 0.15) is 10.7 Å². The molecule has 1 aromatic carbocycles. The average Bonchev–Trinajstić information content (AvgIpc) is 2.40. The monoisotopic (exact) mass is 304 g/mol. The first-order valence-electron chi connectivity index (χ1n) is 6.02. The second kappa shape index (κ2) is 5.92. The molecule has 0 spiro atoms. The lowest BCUT2D eigenvalue weighted by Crippen LogP contribution is -1.99. The van der Waals surface area contributed by atoms with Crippen molar-refractivity contribution in [1.82, 2.24) is 4.98 Å². The molecule has 0 atom stereocenters. The summed E-state index contributed by atoms with van der Waals surface area (Å²) in [5.74, 6) is -0.984. The summed E-state index contributed by atoms with van der Waals surface area (Å²) >= 11 is 1.27. The minimum atomic E-state index is -0.984. The Labute approximate surface area is 125 Å². The quantitative estimate of drug-likeness (QED) is 0.686. The van der Waals surface area contributed by atoms with Gasteiger partial charge in [-0.25, -0.2) is 9.78 Å². The zero-order chi connectivity index (χ0) is 15.6. The van der Waals surface area contributed by atoms with E-state index < -0.39 is 10.9 Å². The fraction of sp³-hybridized carbons (Fsp3) is 0.143. The maximum absolute atomic E-state index is 11.1. The maximum Gasteiger partial charge on any atom is 0.335 e. The number of aryl methyl sites for hydroxylation is 2. The average molecular weight is 304 g/mol. The van der Waals surface area contributed by atoms with Gasteiger partial charge in [-0.3, -0.25) is 10.1 Å². The molecule has 0 unspecified atom stereocenters. The van der Waals surface area contributed by atoms with Crippen LogP contribution in [0.4, 0.5) is 5.69 Å². The lowest BCUT2D eigenvalue weighted by Gasteiger charge is -2.06. The van der Waals surface area contributed by atoms with Crippen molar-refractivity contribution in [3.8, 4) is 0 Å². The molecule has 0 saturated heterocycles. The summed E-state index contributed by atoms with van der Waals surface area (Å²) in [5, 5.41) is 20.4. The standard InChI is InChI=1S/C14H12N2O4S/c1-8-3-4-10(7-11(8)14(17)18)21-13-6-5-12(16(19)20)9(2)15-13/h3-7H,1-2H3,(H,17,18). The molecule has 0 amide bonds. The molecule has 2 rings (SSSR count). The van der Waals surface area contributed by atoms with E-state index in [2.05, 4.69) is 4.98 Å². The van der Waals surface area contributed by atoms with E-state index in [0.717, 1.165) is 4.90 Å². The second-order valence-corrected chi connectivity index (χ2v) is 5.49. The van der Waals surface area contributed by atoms with Gasteiger partial charge in [-0.2, -0.15) is 0 Å². The van der Waals surface area contributed by atoms with E-state index in [-0.39, 0.29) is 11.3 Å². The van der Waals surface area contributed by atoms with Gasteiger partial charge in [-0.15, -0.1) is 0 Å². The van der Waals surface area contributed by atoms with E-state index in [1.54, 1.807) is 38.1 Å². The molecular weight excluding hydrogens is 292 g/mol. The molecule has 108 valence electrons. The first-order chi connectivity index (χ1) is 9.88. The van der Waals surface area contributed by atoms with E-state index in [4.69, 9.17) is 5.11 Å². The zero-order valence-corrected chi connectivity index (χ0v) is 12.2. The molecule has 21 heavy (non-hydrogen) atoms. The molecule has 0 aliphatic rings. The highest BCUT2D eigenvalue weighted by atomic mass is 32.2. The molecule has 7 heteroatoms. The number of rotatable bonds is 4. The maximum atomic E-state index is 11.1. The third kappa shape index (κ3) is 3.38. The third-order valence-electron chi connectivity index (χ3n) is 2.89. The van der Waals surface area contributed by atoms with Crippen LogP contribution in [0.25, 0.3) is 0 Å². The molecular formula is C14H12N2O4S. The van der Waals surface area contributed by atoms with Crippen molar-refractivity contribution in [2.24, 2.45) is 0 Å². The molecule has 0 fully saturated rings. The molecule has 0 radical (unpaired) electrons. The van der Waals surface area contributed by atoms with Crippen LogP contribution < -0.4 is 0 Å². The SMILES string of the molecule is Cc1ccc(Sc2ccc([N+](=O)[O-])c(C)n2)cc1C(=O)O. The Hall–Kier alpha value is -2.41. The molecule has 1 N–H and O–H groups in total. The number of benzene rings is 1. The fourth-order valence-corrected chi connectivity index (χ4v) is 2.67. The number of hydrogen-bond acceptors (Lipinski definition) is 5. The summed E-state index contributed by atoms with van der Waals surface area (Å²) in [6, 6.07) is 8.04. The van der Waals surface area contributed by atoms with Gasteiger partial charge < -0.3 is 5.11 Å². The molecule has 0 aliphatic heterocycles. The smallest absolute Gasteiger partial charge is 0.335 e. The van der Waals surface area contributed by atoms with Crippen LogP contribution in [0, 0.1) is 24.0 Å². The summed E-state index contributed by atoms with van der Waals surface area (Å²) in [4.78, 5) is 26.2. The van der Waals surface area contributed by atoms with E-state index in [9.17, 15) is 14.9 Å². The molecule has 0 bridgehead atoms. The number of hydrogen-bond donors (Lipinski definition) is 1. The number of nitrogens with zero attached hydrogens (tertiary/aromatic N) is 2. The van der Waals surface area contributed by atoms with Gasteiger partial charge in [0, 0.05) is 11.0 Å². The van der Waals surface area contributed by atoms with Crippen molar-refractivity contribution in [3.63, 3.8) is 0 Å². The Kier molecular flexibility index (Phi) is 4.23. The Balaban J connectivity index is 2.30. The van der Waals surface area contributed by atoms with Crippen molar-refractivity contribution >= 4 is 23.4 Å². The van der Waals surface area contributed by atoms with E-state index >= 15 is 0 Å². The number of nitro groups is 1. The number of carboxylic acid groups (broad SMARTS) is 1. The van der Waals surface area contributed by atoms with Crippen LogP contribution in [-0.2, 0) is 0 Å². The van der Waals surface area contributed by atoms with Crippen LogP contribution in [0.5, 0.6) is 0 Å². The first kappa shape index (κ1) is 15.0. The van der Waals surface area contributed by atoms with Gasteiger partial charge >= 0.3 is 5.97 Å². The van der Waals surface area contributed by atoms with Gasteiger partial charge in [-0.05, 0) is 37.6 Å². The van der Waals surface area contributed by atoms with Crippen molar-refractivity contribution in [3.05, 3.63) is 57.3 Å². The molecule has 6 nitrogen and oxygen atoms in total. The van der Waals surface area contributed by atoms with Gasteiger partial charge in [0.15, 0.2) is 0 Å². The van der Waals surface area contributed by atoms with Crippen LogP contribution in [0.2, 0.25) is 0 Å². The predicted octanol–water partition coefficient (Wildman–Crippen LogP) is 3.46. The number of aromatic carboxylic acids is 1. The Bertz CT molecular complexity index is 731. The minimum absolute atomic E-state index is 0.0329. The topological polar surface area (TPSA) is 93.3 Å². The number of pyridine rings is 1. The minimum Gasteiger partial charge on any atom is -0.478 e. The summed E-state index contributed by atoms with van der Waals surface area (Å²) in [6.45, 7) is 3.30. The van der Waals surface area contributed by atoms with Crippen LogP contribution in [-0.4, -0.2) is 21.0 Å². The van der Waals surface area contributed by atoms with Gasteiger partial charge in [-0.1, -0.05) is 17.8 Å². The largest absolute Gasteiger partial charge is 0.478 e. The van der Waals surface area contributed by atoms with Crippen molar-refractivity contribution in [2.75, 3.05) is 0 Å². The van der Waals surface area contributed by atoms with Crippen molar-refractivity contribution in [2.45, 2.75) is 23.8 Å². The van der Waals surface area contributed by atoms with Gasteiger partial charge in [0.25, 0.3) is 5.69 Å². The Morgan fingerprint density at radius 3 is 2.57 bits per heavy atom. The number of carbonyl (C=O) groups is 1. The van der Waals surface area contributed by atoms with E-state index in [1.807, 2.05) is 0 Å². The lowest BCUT2D eigenvalue weighted by molar-refractivity contribution is -0.385. The fourth-order valence-electron chi connectivity index (χ4n) is 1.80. The summed E-state index contributed by atoms with van der Waals surface area (Å²) in [5.41, 5.74) is 1.21. The van der Waals surface area contributed by atoms with Crippen LogP contribution in [0.1, 0.15) is 21.6 Å². The van der Waals surface area contributed by atoms with Crippen molar-refractivity contribution in [1.29, 1.82) is 0 Å². The number of carboxylic acids is 1. The first-order valence-corrected chi connectivity index (χ1v) is 6.84. The normalized spacial score (nSPS) is 10.4. The second-order valence-electron chi connectivity index (χ2n) is 4.40. The molecule has 0 aliphatic carbocycles. The van der Waals surface area contributed by atoms with Crippen LogP contribution in [0.3, 0.4) is 0 Å². The van der Waals surface area contributed by atoms with E-state index in [0.29, 0.717) is 16.3 Å². The Morgan fingerprint density at radius 1 is 1.29 bits per heavy atom. The predicted molar refractivity (Wildman–Crippen MR) is 77.9 cm³/mol. The summed E-state index contributed by atoms with van der Waals surface area (Å²) in [6.07, 6.45) is 0. The molecule has 2 aromatic rings. The van der Waals surface area contributed by atoms with Crippen LogP contribution in [0.15, 0.2) is 40.3 Å². The van der Waals surface area contributed by atoms with Gasteiger partial charge in [0.05, 0.1) is 10.5 Å². The van der Waals surface area contributed by atoms with E-state index in [1.165, 1.54) is 17.8 Å². The summed E-state index contributed by atoms with van der Waals surface area (Å²) < 4.78 is 0. The zero-order valence-electron chi connectivity index (χ0n) is 11.4. The highest BCUT2D eigenvalue weighted by molar-refractivity contribution is 7.99. The highest BCUT2D eigenvalue weighted by Gasteiger charge is 2.13. The highest BCUT2D eigenvalue weighted by Crippen LogP contribution is 2.29. The molecule has 1 heterocycles. The number of aromatic nitrogens is 1. The van der Waals surface area contributed by atoms with Crippen molar-refractivity contribution < 1.29 is 14.8 Å². The summed E-state index contributed by atoms with van der Waals surface area (Å²) in [7, 11) is 0. The molecule has 0 saturated carbocycles. The lowest BCUT2D eigenvalue weighted by atomic mass is 10.1. The third-order valence-corrected chi connectivity index (χ3v) is 3.82. The molecule has 1 aromatic heterocycles.